The van der Waals surface area contributed by atoms with Crippen molar-refractivity contribution in [3.05, 3.63) is 33.8 Å². The topological polar surface area (TPSA) is 12.0 Å². The fourth-order valence-corrected chi connectivity index (χ4v) is 2.40. The van der Waals surface area contributed by atoms with Crippen LogP contribution in [0.2, 0.25) is 0 Å². The smallest absolute Gasteiger partial charge is 0.0207 e. The fourth-order valence-electron chi connectivity index (χ4n) is 2.00. The van der Waals surface area contributed by atoms with Crippen molar-refractivity contribution in [3.8, 4) is 0 Å². The number of piperidine rings is 1. The Balaban J connectivity index is 2.18. The second-order valence-electron chi connectivity index (χ2n) is 4.05. The summed E-state index contributed by atoms with van der Waals surface area (Å²) in [5, 5.41) is 3.45. The van der Waals surface area contributed by atoms with Crippen LogP contribution in [0.3, 0.4) is 0 Å². The van der Waals surface area contributed by atoms with E-state index >= 15 is 0 Å². The highest BCUT2D eigenvalue weighted by Gasteiger charge is 2.15. The molecule has 1 fully saturated rings. The van der Waals surface area contributed by atoms with Gasteiger partial charge in [0, 0.05) is 11.0 Å². The number of benzene rings is 1. The minimum atomic E-state index is 0.709. The highest BCUT2D eigenvalue weighted by atomic mass is 79.9. The van der Waals surface area contributed by atoms with Gasteiger partial charge in [-0.2, -0.15) is 0 Å². The van der Waals surface area contributed by atoms with E-state index in [1.165, 1.54) is 35.0 Å². The van der Waals surface area contributed by atoms with Gasteiger partial charge in [0.25, 0.3) is 0 Å². The third-order valence-electron chi connectivity index (χ3n) is 2.96. The van der Waals surface area contributed by atoms with E-state index in [0.29, 0.717) is 5.92 Å². The van der Waals surface area contributed by atoms with E-state index in [0.717, 1.165) is 6.54 Å². The van der Waals surface area contributed by atoms with E-state index in [-0.39, 0.29) is 0 Å². The molecule has 1 atom stereocenters. The zero-order valence-electron chi connectivity index (χ0n) is 8.52. The zero-order chi connectivity index (χ0) is 9.97. The average molecular weight is 254 g/mol. The first-order chi connectivity index (χ1) is 6.77. The molecule has 0 aliphatic carbocycles. The summed E-state index contributed by atoms with van der Waals surface area (Å²) in [7, 11) is 0. The van der Waals surface area contributed by atoms with Gasteiger partial charge in [-0.1, -0.05) is 28.1 Å². The largest absolute Gasteiger partial charge is 0.316 e. The first kappa shape index (κ1) is 10.2. The Morgan fingerprint density at radius 2 is 2.29 bits per heavy atom. The van der Waals surface area contributed by atoms with Crippen LogP contribution in [-0.4, -0.2) is 13.1 Å². The highest BCUT2D eigenvalue weighted by molar-refractivity contribution is 9.10. The Bertz CT molecular complexity index is 316. The summed E-state index contributed by atoms with van der Waals surface area (Å²) in [6.07, 6.45) is 2.62. The van der Waals surface area contributed by atoms with Gasteiger partial charge in [0.05, 0.1) is 0 Å². The number of hydrogen-bond donors (Lipinski definition) is 1. The summed E-state index contributed by atoms with van der Waals surface area (Å²) in [5.74, 6) is 0.709. The molecule has 1 aliphatic rings. The predicted octanol–water partition coefficient (Wildman–Crippen LogP) is 3.22. The quantitative estimate of drug-likeness (QED) is 0.811. The van der Waals surface area contributed by atoms with Crippen LogP contribution in [0, 0.1) is 6.92 Å². The van der Waals surface area contributed by atoms with Crippen LogP contribution < -0.4 is 5.32 Å². The Hall–Kier alpha value is -0.340. The minimum Gasteiger partial charge on any atom is -0.316 e. The van der Waals surface area contributed by atoms with Crippen molar-refractivity contribution in [2.24, 2.45) is 0 Å². The van der Waals surface area contributed by atoms with E-state index in [1.54, 1.807) is 0 Å². The molecular formula is C12H16BrN. The number of hydrogen-bond acceptors (Lipinski definition) is 1. The summed E-state index contributed by atoms with van der Waals surface area (Å²) in [4.78, 5) is 0. The Morgan fingerprint density at radius 3 is 2.93 bits per heavy atom. The maximum atomic E-state index is 3.59. The fraction of sp³-hybridized carbons (Fsp3) is 0.500. The van der Waals surface area contributed by atoms with Gasteiger partial charge < -0.3 is 5.32 Å². The first-order valence-electron chi connectivity index (χ1n) is 5.24. The molecule has 1 aliphatic heterocycles. The van der Waals surface area contributed by atoms with Crippen LogP contribution in [0.1, 0.15) is 29.9 Å². The molecule has 14 heavy (non-hydrogen) atoms. The molecule has 1 unspecified atom stereocenters. The Kier molecular flexibility index (Phi) is 3.24. The summed E-state index contributed by atoms with van der Waals surface area (Å²) in [6, 6.07) is 6.73. The summed E-state index contributed by atoms with van der Waals surface area (Å²) < 4.78 is 1.24. The molecule has 1 saturated heterocycles. The standard InChI is InChI=1S/C12H16BrN/c1-9-4-5-10(7-12(9)13)11-3-2-6-14-8-11/h4-5,7,11,14H,2-3,6,8H2,1H3. The van der Waals surface area contributed by atoms with Crippen LogP contribution >= 0.6 is 15.9 Å². The van der Waals surface area contributed by atoms with Crippen molar-refractivity contribution in [1.82, 2.24) is 5.32 Å². The van der Waals surface area contributed by atoms with Gasteiger partial charge in [0.1, 0.15) is 0 Å². The van der Waals surface area contributed by atoms with E-state index in [4.69, 9.17) is 0 Å². The van der Waals surface area contributed by atoms with E-state index in [2.05, 4.69) is 46.4 Å². The van der Waals surface area contributed by atoms with Crippen LogP contribution in [0.15, 0.2) is 22.7 Å². The third-order valence-corrected chi connectivity index (χ3v) is 3.82. The highest BCUT2D eigenvalue weighted by Crippen LogP contribution is 2.27. The number of aryl methyl sites for hydroxylation is 1. The van der Waals surface area contributed by atoms with Gasteiger partial charge in [-0.05, 0) is 49.4 Å². The molecular weight excluding hydrogens is 238 g/mol. The molecule has 1 aromatic rings. The van der Waals surface area contributed by atoms with E-state index in [9.17, 15) is 0 Å². The molecule has 1 heterocycles. The maximum absolute atomic E-state index is 3.59. The van der Waals surface area contributed by atoms with Gasteiger partial charge in [0.2, 0.25) is 0 Å². The normalized spacial score (nSPS) is 22.3. The molecule has 0 saturated carbocycles. The molecule has 1 nitrogen and oxygen atoms in total. The maximum Gasteiger partial charge on any atom is 0.0207 e. The predicted molar refractivity (Wildman–Crippen MR) is 63.7 cm³/mol. The molecule has 0 amide bonds. The van der Waals surface area contributed by atoms with Gasteiger partial charge in [-0.3, -0.25) is 0 Å². The summed E-state index contributed by atoms with van der Waals surface area (Å²) >= 11 is 3.59. The minimum absolute atomic E-state index is 0.709. The van der Waals surface area contributed by atoms with Crippen LogP contribution in [0.4, 0.5) is 0 Å². The van der Waals surface area contributed by atoms with Gasteiger partial charge >= 0.3 is 0 Å². The molecule has 0 spiro atoms. The third kappa shape index (κ3) is 2.18. The van der Waals surface area contributed by atoms with E-state index < -0.39 is 0 Å². The van der Waals surface area contributed by atoms with Gasteiger partial charge in [-0.25, -0.2) is 0 Å². The molecule has 0 radical (unpaired) electrons. The Morgan fingerprint density at radius 1 is 1.43 bits per heavy atom. The second-order valence-corrected chi connectivity index (χ2v) is 4.91. The van der Waals surface area contributed by atoms with Crippen LogP contribution in [0.5, 0.6) is 0 Å². The molecule has 0 bridgehead atoms. The molecule has 2 rings (SSSR count). The SMILES string of the molecule is Cc1ccc(C2CCCNC2)cc1Br. The molecule has 1 aromatic carbocycles. The van der Waals surface area contributed by atoms with Crippen molar-refractivity contribution in [1.29, 1.82) is 0 Å². The average Bonchev–Trinajstić information content (AvgIpc) is 2.23. The van der Waals surface area contributed by atoms with Crippen LogP contribution in [-0.2, 0) is 0 Å². The van der Waals surface area contributed by atoms with Crippen molar-refractivity contribution in [2.75, 3.05) is 13.1 Å². The Labute approximate surface area is 94.0 Å². The van der Waals surface area contributed by atoms with Gasteiger partial charge in [0.15, 0.2) is 0 Å². The lowest BCUT2D eigenvalue weighted by atomic mass is 9.91. The number of nitrogens with one attached hydrogen (secondary N) is 1. The van der Waals surface area contributed by atoms with Crippen molar-refractivity contribution < 1.29 is 0 Å². The number of rotatable bonds is 1. The van der Waals surface area contributed by atoms with Crippen molar-refractivity contribution in [2.45, 2.75) is 25.7 Å². The zero-order valence-corrected chi connectivity index (χ0v) is 10.1. The monoisotopic (exact) mass is 253 g/mol. The van der Waals surface area contributed by atoms with E-state index in [1.807, 2.05) is 0 Å². The number of halogens is 1. The molecule has 2 heteroatoms. The molecule has 0 aromatic heterocycles. The molecule has 76 valence electrons. The van der Waals surface area contributed by atoms with Crippen molar-refractivity contribution >= 4 is 15.9 Å². The lowest BCUT2D eigenvalue weighted by molar-refractivity contribution is 0.461. The van der Waals surface area contributed by atoms with Gasteiger partial charge in [-0.15, -0.1) is 0 Å². The molecule has 1 N–H and O–H groups in total. The summed E-state index contributed by atoms with van der Waals surface area (Å²) in [5.41, 5.74) is 2.78. The van der Waals surface area contributed by atoms with Crippen molar-refractivity contribution in [3.63, 3.8) is 0 Å². The van der Waals surface area contributed by atoms with Crippen LogP contribution in [0.25, 0.3) is 0 Å². The second kappa shape index (κ2) is 4.45. The summed E-state index contributed by atoms with van der Waals surface area (Å²) in [6.45, 7) is 4.45. The first-order valence-corrected chi connectivity index (χ1v) is 6.03. The lowest BCUT2D eigenvalue weighted by Crippen LogP contribution is -2.28. The lowest BCUT2D eigenvalue weighted by Gasteiger charge is -2.23.